The van der Waals surface area contributed by atoms with Gasteiger partial charge in [0.1, 0.15) is 0 Å². The minimum Gasteiger partial charge on any atom is -0.618 e. The number of amides is 1. The molecule has 7 heteroatoms. The van der Waals surface area contributed by atoms with Gasteiger partial charge >= 0.3 is 0 Å². The van der Waals surface area contributed by atoms with Crippen molar-refractivity contribution in [2.24, 2.45) is 21.7 Å². The number of allylic oxidation sites excluding steroid dienone is 3. The summed E-state index contributed by atoms with van der Waals surface area (Å²) >= 11 is 1.80. The van der Waals surface area contributed by atoms with Crippen LogP contribution in [0.5, 0.6) is 0 Å². The van der Waals surface area contributed by atoms with Crippen molar-refractivity contribution in [1.29, 1.82) is 0 Å². The van der Waals surface area contributed by atoms with E-state index in [1.807, 2.05) is 0 Å². The van der Waals surface area contributed by atoms with E-state index in [1.54, 1.807) is 24.9 Å². The van der Waals surface area contributed by atoms with Crippen molar-refractivity contribution in [2.45, 2.75) is 108 Å². The molecule has 0 aromatic carbocycles. The van der Waals surface area contributed by atoms with Gasteiger partial charge in [0.05, 0.1) is 11.9 Å². The predicted octanol–water partition coefficient (Wildman–Crippen LogP) is 7.45. The molecule has 1 aromatic heterocycles. The van der Waals surface area contributed by atoms with Gasteiger partial charge in [-0.05, 0) is 41.9 Å². The first-order chi connectivity index (χ1) is 18.5. The van der Waals surface area contributed by atoms with Crippen molar-refractivity contribution in [1.82, 2.24) is 15.6 Å². The van der Waals surface area contributed by atoms with Gasteiger partial charge in [0.2, 0.25) is 17.8 Å². The number of thioether (sulfide) groups is 1. The summed E-state index contributed by atoms with van der Waals surface area (Å²) in [5.41, 5.74) is 1.96. The van der Waals surface area contributed by atoms with E-state index in [1.165, 1.54) is 6.20 Å². The summed E-state index contributed by atoms with van der Waals surface area (Å²) < 4.78 is 0.848. The van der Waals surface area contributed by atoms with Crippen LogP contribution >= 0.6 is 11.8 Å². The third kappa shape index (κ3) is 11.1. The molecule has 2 N–H and O–H groups in total. The maximum absolute atomic E-state index is 13.2. The fraction of sp³-hybridized carbons (Fsp3) is 0.727. The van der Waals surface area contributed by atoms with E-state index in [-0.39, 0.29) is 16.7 Å². The molecule has 40 heavy (non-hydrogen) atoms. The lowest BCUT2D eigenvalue weighted by atomic mass is 9.59. The predicted molar refractivity (Wildman–Crippen MR) is 173 cm³/mol. The number of aryl methyl sites for hydroxylation is 1. The van der Waals surface area contributed by atoms with Gasteiger partial charge in [-0.1, -0.05) is 93.9 Å². The molecule has 228 valence electrons. The molecule has 0 aliphatic rings. The molecule has 0 aliphatic carbocycles. The fourth-order valence-electron chi connectivity index (χ4n) is 4.90. The fourth-order valence-corrected chi connectivity index (χ4v) is 5.60. The second-order valence-corrected chi connectivity index (χ2v) is 14.6. The monoisotopic (exact) mass is 574 g/mol. The highest BCUT2D eigenvalue weighted by atomic mass is 32.2. The molecule has 0 spiro atoms. The third-order valence-electron chi connectivity index (χ3n) is 8.65. The van der Waals surface area contributed by atoms with Crippen molar-refractivity contribution in [3.63, 3.8) is 0 Å². The zero-order valence-electron chi connectivity index (χ0n) is 27.4. The van der Waals surface area contributed by atoms with E-state index in [2.05, 4.69) is 103 Å². The van der Waals surface area contributed by atoms with Gasteiger partial charge in [-0.2, -0.15) is 16.5 Å². The van der Waals surface area contributed by atoms with Crippen LogP contribution in [0.4, 0.5) is 0 Å². The Bertz CT molecular complexity index is 1000. The summed E-state index contributed by atoms with van der Waals surface area (Å²) in [4.78, 5) is 17.6. The molecular formula is C33H58N4O2S. The molecule has 1 atom stereocenters. The molecular weight excluding hydrogens is 516 g/mol. The summed E-state index contributed by atoms with van der Waals surface area (Å²) in [5.74, 6) is 1.87. The van der Waals surface area contributed by atoms with Crippen LogP contribution in [-0.2, 0) is 4.79 Å². The van der Waals surface area contributed by atoms with E-state index in [0.29, 0.717) is 23.3 Å². The highest BCUT2D eigenvalue weighted by Gasteiger charge is 2.43. The lowest BCUT2D eigenvalue weighted by Gasteiger charge is -2.46. The molecule has 0 radical (unpaired) electrons. The molecule has 6 nitrogen and oxygen atoms in total. The van der Waals surface area contributed by atoms with Gasteiger partial charge in [0.15, 0.2) is 5.69 Å². The van der Waals surface area contributed by atoms with Crippen LogP contribution in [0.3, 0.4) is 0 Å². The molecule has 0 fully saturated rings. The average Bonchev–Trinajstić information content (AvgIpc) is 2.88. The number of aromatic nitrogens is 2. The van der Waals surface area contributed by atoms with E-state index in [4.69, 9.17) is 0 Å². The minimum absolute atomic E-state index is 0.0182. The van der Waals surface area contributed by atoms with E-state index >= 15 is 0 Å². The normalized spacial score (nSPS) is 14.8. The number of nitrogens with zero attached hydrogens (tertiary/aromatic N) is 2. The van der Waals surface area contributed by atoms with Crippen molar-refractivity contribution in [3.05, 3.63) is 47.2 Å². The van der Waals surface area contributed by atoms with Gasteiger partial charge in [-0.15, -0.1) is 0 Å². The molecule has 0 aliphatic heterocycles. The van der Waals surface area contributed by atoms with Crippen LogP contribution < -0.4 is 15.4 Å². The molecule has 1 amide bonds. The van der Waals surface area contributed by atoms with Crippen molar-refractivity contribution in [3.8, 4) is 0 Å². The van der Waals surface area contributed by atoms with E-state index < -0.39 is 5.41 Å². The minimum atomic E-state index is -0.456. The zero-order chi connectivity index (χ0) is 30.6. The Morgan fingerprint density at radius 1 is 1.02 bits per heavy atom. The lowest BCUT2D eigenvalue weighted by molar-refractivity contribution is -0.613. The zero-order valence-corrected chi connectivity index (χ0v) is 28.2. The molecule has 1 unspecified atom stereocenters. The molecule has 0 saturated carbocycles. The highest BCUT2D eigenvalue weighted by Crippen LogP contribution is 2.50. The van der Waals surface area contributed by atoms with Gasteiger partial charge in [0.25, 0.3) is 0 Å². The van der Waals surface area contributed by atoms with Crippen LogP contribution in [0.1, 0.15) is 113 Å². The SMILES string of the molecule is CCC=C(NCCSCCNC(=O)C(C)(C)CC(C)(C)C(C)(C=CCC(C)(C)CC)CC)c1c[n+]([O-])c(C)cn1. The summed E-state index contributed by atoms with van der Waals surface area (Å²) in [6.07, 6.45) is 14.9. The van der Waals surface area contributed by atoms with Crippen LogP contribution in [0.15, 0.2) is 30.6 Å². The van der Waals surface area contributed by atoms with Gasteiger partial charge in [0, 0.05) is 36.9 Å². The summed E-state index contributed by atoms with van der Waals surface area (Å²) in [6.45, 7) is 25.5. The number of hydrogen-bond acceptors (Lipinski definition) is 5. The first-order valence-electron chi connectivity index (χ1n) is 15.1. The van der Waals surface area contributed by atoms with Crippen molar-refractivity contribution in [2.75, 3.05) is 24.6 Å². The van der Waals surface area contributed by atoms with Crippen molar-refractivity contribution < 1.29 is 9.52 Å². The largest absolute Gasteiger partial charge is 0.618 e. The van der Waals surface area contributed by atoms with Crippen LogP contribution in [0, 0.1) is 33.8 Å². The Morgan fingerprint density at radius 2 is 1.65 bits per heavy atom. The first kappa shape index (κ1) is 36.0. The Kier molecular flexibility index (Phi) is 14.3. The first-order valence-corrected chi connectivity index (χ1v) is 16.2. The van der Waals surface area contributed by atoms with Crippen LogP contribution in [0.2, 0.25) is 0 Å². The maximum atomic E-state index is 13.2. The second kappa shape index (κ2) is 15.8. The van der Waals surface area contributed by atoms with Gasteiger partial charge in [-0.3, -0.25) is 4.79 Å². The Morgan fingerprint density at radius 3 is 2.20 bits per heavy atom. The highest BCUT2D eigenvalue weighted by molar-refractivity contribution is 7.99. The number of hydrogen-bond donors (Lipinski definition) is 2. The Labute approximate surface area is 249 Å². The molecule has 1 rings (SSSR count). The van der Waals surface area contributed by atoms with Crippen LogP contribution in [-0.4, -0.2) is 35.5 Å². The third-order valence-corrected chi connectivity index (χ3v) is 9.63. The summed E-state index contributed by atoms with van der Waals surface area (Å²) in [6, 6.07) is 0. The smallest absolute Gasteiger partial charge is 0.225 e. The molecule has 0 saturated heterocycles. The maximum Gasteiger partial charge on any atom is 0.225 e. The molecule has 1 heterocycles. The molecule has 0 bridgehead atoms. The van der Waals surface area contributed by atoms with Crippen LogP contribution in [0.25, 0.3) is 5.70 Å². The van der Waals surface area contributed by atoms with Gasteiger partial charge in [-0.25, -0.2) is 4.98 Å². The summed E-state index contributed by atoms with van der Waals surface area (Å²) in [7, 11) is 0. The lowest BCUT2D eigenvalue weighted by Crippen LogP contribution is -2.44. The number of nitrogens with one attached hydrogen (secondary N) is 2. The quantitative estimate of drug-likeness (QED) is 0.0823. The van der Waals surface area contributed by atoms with Gasteiger partial charge < -0.3 is 15.8 Å². The Hall–Kier alpha value is -2.02. The molecule has 1 aromatic rings. The number of rotatable bonds is 18. The standard InChI is InChI=1S/C33H58N4O2S/c1-12-16-27(28-24-37(39)26(4)23-36-28)34-19-21-40-22-20-35-29(38)31(7,8)25-32(9,10)33(11,14-3)18-15-17-30(5,6)13-2/h15-16,18,23-24,34H,12-14,17,19-22,25H2,1-11H3,(H,35,38). The van der Waals surface area contributed by atoms with E-state index in [9.17, 15) is 10.0 Å². The number of carbonyl (C=O) groups is 1. The second-order valence-electron chi connectivity index (χ2n) is 13.4. The number of carbonyl (C=O) groups excluding carboxylic acids is 1. The average molecular weight is 575 g/mol. The topological polar surface area (TPSA) is 81.0 Å². The summed E-state index contributed by atoms with van der Waals surface area (Å²) in [5, 5.41) is 18.5. The Balaban J connectivity index is 2.56. The van der Waals surface area contributed by atoms with E-state index in [0.717, 1.165) is 60.6 Å². The van der Waals surface area contributed by atoms with Crippen molar-refractivity contribution >= 4 is 23.4 Å².